The Kier molecular flexibility index (Phi) is 5.49. The Morgan fingerprint density at radius 2 is 2.22 bits per heavy atom. The molecule has 0 saturated carbocycles. The number of halogens is 2. The Morgan fingerprint density at radius 1 is 1.39 bits per heavy atom. The summed E-state index contributed by atoms with van der Waals surface area (Å²) in [6.07, 6.45) is 3.80. The molecule has 1 atom stereocenters. The summed E-state index contributed by atoms with van der Waals surface area (Å²) < 4.78 is 1.11. The van der Waals surface area contributed by atoms with Crippen molar-refractivity contribution in [3.8, 4) is 0 Å². The van der Waals surface area contributed by atoms with Crippen LogP contribution in [-0.4, -0.2) is 31.1 Å². The SMILES string of the molecule is CN(Cc1ccc(Cl)cc1Br)C1CCCNCC1. The minimum absolute atomic E-state index is 0.683. The van der Waals surface area contributed by atoms with Crippen LogP contribution in [0.25, 0.3) is 0 Å². The monoisotopic (exact) mass is 330 g/mol. The van der Waals surface area contributed by atoms with Gasteiger partial charge in [-0.25, -0.2) is 0 Å². The summed E-state index contributed by atoms with van der Waals surface area (Å²) in [4.78, 5) is 2.46. The van der Waals surface area contributed by atoms with Crippen molar-refractivity contribution in [3.05, 3.63) is 33.3 Å². The van der Waals surface area contributed by atoms with E-state index in [9.17, 15) is 0 Å². The molecule has 0 radical (unpaired) electrons. The first kappa shape index (κ1) is 14.3. The van der Waals surface area contributed by atoms with Gasteiger partial charge >= 0.3 is 0 Å². The maximum Gasteiger partial charge on any atom is 0.0417 e. The third kappa shape index (κ3) is 3.95. The van der Waals surface area contributed by atoms with Crippen molar-refractivity contribution in [2.24, 2.45) is 0 Å². The molecule has 1 unspecified atom stereocenters. The van der Waals surface area contributed by atoms with Gasteiger partial charge in [-0.3, -0.25) is 4.90 Å². The second-order valence-corrected chi connectivity index (χ2v) is 6.28. The fraction of sp³-hybridized carbons (Fsp3) is 0.571. The molecule has 2 nitrogen and oxygen atoms in total. The minimum atomic E-state index is 0.683. The van der Waals surface area contributed by atoms with E-state index in [-0.39, 0.29) is 0 Å². The lowest BCUT2D eigenvalue weighted by atomic mass is 10.1. The average molecular weight is 332 g/mol. The lowest BCUT2D eigenvalue weighted by Crippen LogP contribution is -2.32. The van der Waals surface area contributed by atoms with E-state index < -0.39 is 0 Å². The highest BCUT2D eigenvalue weighted by Gasteiger charge is 2.17. The van der Waals surface area contributed by atoms with Gasteiger partial charge in [0, 0.05) is 22.1 Å². The molecule has 18 heavy (non-hydrogen) atoms. The molecule has 0 aliphatic carbocycles. The molecule has 2 rings (SSSR count). The van der Waals surface area contributed by atoms with Crippen LogP contribution in [0.2, 0.25) is 5.02 Å². The van der Waals surface area contributed by atoms with Gasteiger partial charge in [0.1, 0.15) is 0 Å². The zero-order valence-electron chi connectivity index (χ0n) is 10.8. The molecule has 0 aromatic heterocycles. The Balaban J connectivity index is 1.98. The third-order valence-corrected chi connectivity index (χ3v) is 4.58. The summed E-state index contributed by atoms with van der Waals surface area (Å²) in [5.74, 6) is 0. The van der Waals surface area contributed by atoms with Crippen LogP contribution < -0.4 is 5.32 Å². The van der Waals surface area contributed by atoms with Crippen LogP contribution in [0.5, 0.6) is 0 Å². The predicted octanol–water partition coefficient (Wildman–Crippen LogP) is 3.68. The highest BCUT2D eigenvalue weighted by molar-refractivity contribution is 9.10. The molecule has 0 spiro atoms. The van der Waals surface area contributed by atoms with E-state index >= 15 is 0 Å². The van der Waals surface area contributed by atoms with Crippen molar-refractivity contribution in [2.45, 2.75) is 31.8 Å². The number of benzene rings is 1. The highest BCUT2D eigenvalue weighted by Crippen LogP contribution is 2.24. The van der Waals surface area contributed by atoms with Gasteiger partial charge in [-0.15, -0.1) is 0 Å². The Hall–Kier alpha value is -0.0900. The number of rotatable bonds is 3. The number of nitrogens with one attached hydrogen (secondary N) is 1. The van der Waals surface area contributed by atoms with Gasteiger partial charge in [0.05, 0.1) is 0 Å². The zero-order chi connectivity index (χ0) is 13.0. The van der Waals surface area contributed by atoms with E-state index in [1.54, 1.807) is 0 Å². The average Bonchev–Trinajstić information content (AvgIpc) is 2.61. The quantitative estimate of drug-likeness (QED) is 0.909. The van der Waals surface area contributed by atoms with Crippen molar-refractivity contribution in [1.82, 2.24) is 10.2 Å². The van der Waals surface area contributed by atoms with Crippen molar-refractivity contribution in [2.75, 3.05) is 20.1 Å². The topological polar surface area (TPSA) is 15.3 Å². The smallest absolute Gasteiger partial charge is 0.0417 e. The van der Waals surface area contributed by atoms with Crippen LogP contribution >= 0.6 is 27.5 Å². The maximum absolute atomic E-state index is 5.97. The van der Waals surface area contributed by atoms with E-state index in [0.717, 1.165) is 29.1 Å². The second-order valence-electron chi connectivity index (χ2n) is 4.99. The van der Waals surface area contributed by atoms with Crippen LogP contribution in [0, 0.1) is 0 Å². The van der Waals surface area contributed by atoms with Crippen LogP contribution in [-0.2, 0) is 6.54 Å². The molecule has 1 N–H and O–H groups in total. The van der Waals surface area contributed by atoms with Gasteiger partial charge in [-0.2, -0.15) is 0 Å². The van der Waals surface area contributed by atoms with Gasteiger partial charge in [0.15, 0.2) is 0 Å². The first-order valence-corrected chi connectivity index (χ1v) is 7.69. The van der Waals surface area contributed by atoms with Crippen molar-refractivity contribution >= 4 is 27.5 Å². The highest BCUT2D eigenvalue weighted by atomic mass is 79.9. The lowest BCUT2D eigenvalue weighted by molar-refractivity contribution is 0.216. The molecule has 1 fully saturated rings. The van der Waals surface area contributed by atoms with E-state index in [4.69, 9.17) is 11.6 Å². The van der Waals surface area contributed by atoms with Gasteiger partial charge in [-0.05, 0) is 57.1 Å². The number of hydrogen-bond acceptors (Lipinski definition) is 2. The standard InChI is InChI=1S/C14H20BrClN2/c1-18(13-3-2-7-17-8-6-13)10-11-4-5-12(16)9-14(11)15/h4-5,9,13,17H,2-3,6-8,10H2,1H3. The van der Waals surface area contributed by atoms with Crippen LogP contribution in [0.15, 0.2) is 22.7 Å². The summed E-state index contributed by atoms with van der Waals surface area (Å²) >= 11 is 9.56. The van der Waals surface area contributed by atoms with Crippen molar-refractivity contribution in [3.63, 3.8) is 0 Å². The van der Waals surface area contributed by atoms with Crippen LogP contribution in [0.1, 0.15) is 24.8 Å². The van der Waals surface area contributed by atoms with E-state index in [0.29, 0.717) is 6.04 Å². The van der Waals surface area contributed by atoms with Gasteiger partial charge in [0.2, 0.25) is 0 Å². The fourth-order valence-corrected chi connectivity index (χ4v) is 3.30. The Bertz CT molecular complexity index is 389. The molecule has 1 saturated heterocycles. The molecule has 1 heterocycles. The van der Waals surface area contributed by atoms with Crippen molar-refractivity contribution in [1.29, 1.82) is 0 Å². The summed E-state index contributed by atoms with van der Waals surface area (Å²) in [6, 6.07) is 6.73. The molecule has 1 aromatic carbocycles. The van der Waals surface area contributed by atoms with Crippen LogP contribution in [0.3, 0.4) is 0 Å². The first-order valence-electron chi connectivity index (χ1n) is 6.51. The molecule has 1 aromatic rings. The van der Waals surface area contributed by atoms with Gasteiger partial charge in [-0.1, -0.05) is 33.6 Å². The minimum Gasteiger partial charge on any atom is -0.317 e. The Labute approximate surface area is 123 Å². The zero-order valence-corrected chi connectivity index (χ0v) is 13.1. The largest absolute Gasteiger partial charge is 0.317 e. The molecular formula is C14H20BrClN2. The van der Waals surface area contributed by atoms with Gasteiger partial charge in [0.25, 0.3) is 0 Å². The summed E-state index contributed by atoms with van der Waals surface area (Å²) in [7, 11) is 2.22. The molecular weight excluding hydrogens is 312 g/mol. The summed E-state index contributed by atoms with van der Waals surface area (Å²) in [5.41, 5.74) is 1.30. The maximum atomic E-state index is 5.97. The number of hydrogen-bond donors (Lipinski definition) is 1. The van der Waals surface area contributed by atoms with E-state index in [1.807, 2.05) is 12.1 Å². The first-order chi connectivity index (χ1) is 8.66. The third-order valence-electron chi connectivity index (χ3n) is 3.60. The molecule has 4 heteroatoms. The lowest BCUT2D eigenvalue weighted by Gasteiger charge is -2.27. The number of nitrogens with zero attached hydrogens (tertiary/aromatic N) is 1. The molecule has 0 amide bonds. The Morgan fingerprint density at radius 3 is 3.00 bits per heavy atom. The summed E-state index contributed by atoms with van der Waals surface area (Å²) in [6.45, 7) is 3.27. The fourth-order valence-electron chi connectivity index (χ4n) is 2.49. The molecule has 100 valence electrons. The summed E-state index contributed by atoms with van der Waals surface area (Å²) in [5, 5.41) is 4.25. The predicted molar refractivity (Wildman–Crippen MR) is 81.1 cm³/mol. The molecule has 1 aliphatic heterocycles. The van der Waals surface area contributed by atoms with Crippen LogP contribution in [0.4, 0.5) is 0 Å². The van der Waals surface area contributed by atoms with E-state index in [2.05, 4.69) is 39.3 Å². The van der Waals surface area contributed by atoms with Gasteiger partial charge < -0.3 is 5.32 Å². The normalized spacial score (nSPS) is 21.0. The molecule has 1 aliphatic rings. The van der Waals surface area contributed by atoms with E-state index in [1.165, 1.54) is 24.8 Å². The molecule has 0 bridgehead atoms. The van der Waals surface area contributed by atoms with Crippen molar-refractivity contribution < 1.29 is 0 Å². The second kappa shape index (κ2) is 6.90.